The topological polar surface area (TPSA) is 259 Å². The van der Waals surface area contributed by atoms with E-state index < -0.39 is 117 Å². The SMILES string of the molecule is CN=C1N[C@@H]2[C@H](O)[C@@H](O[C@H]3O[C@@H](CO)[C@H](O[C@H]4O[C@@H](COC)[C@H](O)[C@@H](O)[C@@H]4NC(C)=O)[C@@H](O)[C@@H]3NC(C)=O)[C@@H](CO)[C@@H]2O1. The number of methoxy groups -OCH3 is 1. The van der Waals surface area contributed by atoms with Crippen LogP contribution in [0.5, 0.6) is 0 Å². The van der Waals surface area contributed by atoms with Crippen molar-refractivity contribution in [2.75, 3.05) is 34.0 Å². The minimum Gasteiger partial charge on any atom is -0.459 e. The summed E-state index contributed by atoms with van der Waals surface area (Å²) < 4.78 is 34.5. The zero-order valence-corrected chi connectivity index (χ0v) is 24.2. The van der Waals surface area contributed by atoms with E-state index in [9.17, 15) is 40.2 Å². The van der Waals surface area contributed by atoms with Gasteiger partial charge in [0.25, 0.3) is 6.02 Å². The minimum atomic E-state index is -1.63. The van der Waals surface area contributed by atoms with Gasteiger partial charge >= 0.3 is 0 Å². The van der Waals surface area contributed by atoms with Gasteiger partial charge in [-0.25, -0.2) is 4.99 Å². The average molecular weight is 623 g/mol. The lowest BCUT2D eigenvalue weighted by Gasteiger charge is -2.48. The quantitative estimate of drug-likeness (QED) is 0.110. The van der Waals surface area contributed by atoms with Gasteiger partial charge in [0, 0.05) is 28.0 Å². The summed E-state index contributed by atoms with van der Waals surface area (Å²) in [6, 6.07) is -3.11. The van der Waals surface area contributed by atoms with Crippen molar-refractivity contribution in [3.8, 4) is 0 Å². The molecule has 4 aliphatic rings. The first-order chi connectivity index (χ1) is 20.4. The second kappa shape index (κ2) is 14.2. The largest absolute Gasteiger partial charge is 0.459 e. The fraction of sp³-hybridized carbons (Fsp3) is 0.880. The molecule has 0 spiro atoms. The van der Waals surface area contributed by atoms with Gasteiger partial charge in [-0.15, -0.1) is 0 Å². The Labute approximate surface area is 247 Å². The lowest BCUT2D eigenvalue weighted by molar-refractivity contribution is -0.339. The molecule has 3 aliphatic heterocycles. The van der Waals surface area contributed by atoms with Crippen LogP contribution in [0.1, 0.15) is 13.8 Å². The van der Waals surface area contributed by atoms with Crippen molar-refractivity contribution in [3.63, 3.8) is 0 Å². The van der Waals surface area contributed by atoms with Gasteiger partial charge < -0.3 is 75.0 Å². The molecule has 4 fully saturated rings. The Hall–Kier alpha value is -2.23. The van der Waals surface area contributed by atoms with Crippen molar-refractivity contribution >= 4 is 17.8 Å². The number of hydrogen-bond acceptors (Lipinski definition) is 15. The number of aliphatic hydroxyl groups excluding tert-OH is 6. The molecular formula is C25H42N4O14. The molecule has 0 unspecified atom stereocenters. The van der Waals surface area contributed by atoms with E-state index >= 15 is 0 Å². The molecule has 9 N–H and O–H groups in total. The summed E-state index contributed by atoms with van der Waals surface area (Å²) in [4.78, 5) is 28.0. The number of carbonyl (C=O) groups excluding carboxylic acids is 2. The minimum absolute atomic E-state index is 0.148. The van der Waals surface area contributed by atoms with E-state index in [1.54, 1.807) is 0 Å². The van der Waals surface area contributed by atoms with Crippen molar-refractivity contribution in [1.82, 2.24) is 16.0 Å². The Morgan fingerprint density at radius 3 is 1.98 bits per heavy atom. The van der Waals surface area contributed by atoms with Crippen LogP contribution < -0.4 is 16.0 Å². The lowest BCUT2D eigenvalue weighted by atomic mass is 9.94. The van der Waals surface area contributed by atoms with Crippen molar-refractivity contribution < 1.29 is 68.6 Å². The summed E-state index contributed by atoms with van der Waals surface area (Å²) in [5.41, 5.74) is 0. The highest BCUT2D eigenvalue weighted by atomic mass is 16.7. The van der Waals surface area contributed by atoms with Gasteiger partial charge in [0.05, 0.1) is 37.9 Å². The molecule has 4 rings (SSSR count). The predicted molar refractivity (Wildman–Crippen MR) is 141 cm³/mol. The van der Waals surface area contributed by atoms with E-state index in [1.807, 2.05) is 0 Å². The van der Waals surface area contributed by atoms with E-state index in [1.165, 1.54) is 28.0 Å². The summed E-state index contributed by atoms with van der Waals surface area (Å²) in [6.07, 6.45) is -14.4. The highest BCUT2D eigenvalue weighted by Gasteiger charge is 2.59. The number of nitrogens with one attached hydrogen (secondary N) is 3. The molecule has 0 aromatic carbocycles. The number of amides is 2. The van der Waals surface area contributed by atoms with Gasteiger partial charge in [-0.3, -0.25) is 9.59 Å². The lowest BCUT2D eigenvalue weighted by Crippen LogP contribution is -2.69. The van der Waals surface area contributed by atoms with E-state index in [2.05, 4.69) is 20.9 Å². The summed E-state index contributed by atoms with van der Waals surface area (Å²) in [7, 11) is 2.85. The highest BCUT2D eigenvalue weighted by Crippen LogP contribution is 2.38. The normalized spacial score (nSPS) is 45.3. The third-order valence-corrected chi connectivity index (χ3v) is 8.06. The maximum Gasteiger partial charge on any atom is 0.285 e. The average Bonchev–Trinajstić information content (AvgIpc) is 3.49. The van der Waals surface area contributed by atoms with Gasteiger partial charge in [-0.1, -0.05) is 0 Å². The molecule has 246 valence electrons. The fourth-order valence-electron chi connectivity index (χ4n) is 6.03. The van der Waals surface area contributed by atoms with Crippen LogP contribution in [-0.2, 0) is 38.0 Å². The van der Waals surface area contributed by atoms with Gasteiger partial charge in [0.15, 0.2) is 12.6 Å². The molecule has 15 atom stereocenters. The summed E-state index contributed by atoms with van der Waals surface area (Å²) in [5.74, 6) is -1.91. The zero-order chi connectivity index (χ0) is 31.6. The Bertz CT molecular complexity index is 1010. The van der Waals surface area contributed by atoms with Crippen LogP contribution in [-0.4, -0.2) is 168 Å². The van der Waals surface area contributed by atoms with Crippen LogP contribution in [0.4, 0.5) is 0 Å². The summed E-state index contributed by atoms with van der Waals surface area (Å²) >= 11 is 0. The summed E-state index contributed by atoms with van der Waals surface area (Å²) in [5, 5.41) is 72.0. The van der Waals surface area contributed by atoms with E-state index in [0.29, 0.717) is 0 Å². The van der Waals surface area contributed by atoms with Gasteiger partial charge in [-0.05, 0) is 0 Å². The van der Waals surface area contributed by atoms with Crippen molar-refractivity contribution in [3.05, 3.63) is 0 Å². The van der Waals surface area contributed by atoms with Crippen LogP contribution in [0.2, 0.25) is 0 Å². The molecule has 2 amide bonds. The number of nitrogens with zero attached hydrogens (tertiary/aromatic N) is 1. The molecule has 0 aromatic heterocycles. The molecule has 18 nitrogen and oxygen atoms in total. The summed E-state index contributed by atoms with van der Waals surface area (Å²) in [6.45, 7) is 1.06. The first-order valence-electron chi connectivity index (χ1n) is 13.9. The fourth-order valence-corrected chi connectivity index (χ4v) is 6.03. The molecule has 0 aromatic rings. The molecule has 3 heterocycles. The monoisotopic (exact) mass is 622 g/mol. The van der Waals surface area contributed by atoms with Crippen molar-refractivity contribution in [2.24, 2.45) is 10.9 Å². The van der Waals surface area contributed by atoms with Gasteiger partial charge in [0.1, 0.15) is 60.9 Å². The van der Waals surface area contributed by atoms with E-state index in [0.717, 1.165) is 0 Å². The predicted octanol–water partition coefficient (Wildman–Crippen LogP) is -5.74. The number of aliphatic hydroxyl groups is 6. The third-order valence-electron chi connectivity index (χ3n) is 8.06. The maximum atomic E-state index is 12.2. The van der Waals surface area contributed by atoms with Crippen molar-refractivity contribution in [1.29, 1.82) is 0 Å². The second-order valence-corrected chi connectivity index (χ2v) is 11.0. The number of rotatable bonds is 10. The molecule has 1 saturated carbocycles. The standard InChI is InChI=1S/C25H42N4O14/c1-8(32)27-14-17(35)16(34)12(7-38-4)40-23(14)42-22-11(6-31)39-24(15(19(22)37)28-9(2)33)41-21-10(5-30)20-13(18(21)36)29-25(26-3)43-20/h10-24,30-31,34-37H,5-7H2,1-4H3,(H,26,29)(H,27,32)(H,28,33)/t10-,11-,12-,13+,14-,15-,16-,17-,18-,19-,20-,21-,22-,23+,24+/m0/s1. The Balaban J connectivity index is 1.57. The molecule has 3 saturated heterocycles. The number of hydrogen-bond donors (Lipinski definition) is 9. The molecule has 0 bridgehead atoms. The van der Waals surface area contributed by atoms with Crippen LogP contribution >= 0.6 is 0 Å². The molecular weight excluding hydrogens is 580 g/mol. The molecule has 43 heavy (non-hydrogen) atoms. The number of aliphatic imine (C=N–C) groups is 1. The smallest absolute Gasteiger partial charge is 0.285 e. The Morgan fingerprint density at radius 1 is 0.860 bits per heavy atom. The second-order valence-electron chi connectivity index (χ2n) is 11.0. The van der Waals surface area contributed by atoms with E-state index in [-0.39, 0.29) is 12.6 Å². The Morgan fingerprint density at radius 2 is 1.44 bits per heavy atom. The molecule has 18 heteroatoms. The zero-order valence-electron chi connectivity index (χ0n) is 24.2. The highest BCUT2D eigenvalue weighted by molar-refractivity contribution is 5.76. The number of fused-ring (bicyclic) bond motifs is 1. The maximum absolute atomic E-state index is 12.2. The van der Waals surface area contributed by atoms with Gasteiger partial charge in [0.2, 0.25) is 11.8 Å². The molecule has 1 aliphatic carbocycles. The number of amidine groups is 1. The van der Waals surface area contributed by atoms with Crippen LogP contribution in [0.15, 0.2) is 4.99 Å². The molecule has 0 radical (unpaired) electrons. The van der Waals surface area contributed by atoms with Crippen molar-refractivity contribution in [2.45, 2.75) is 99.5 Å². The van der Waals surface area contributed by atoms with E-state index in [4.69, 9.17) is 28.4 Å². The number of carbonyl (C=O) groups is 2. The first-order valence-corrected chi connectivity index (χ1v) is 13.9. The first kappa shape index (κ1) is 33.7. The third kappa shape index (κ3) is 6.89. The van der Waals surface area contributed by atoms with Crippen LogP contribution in [0, 0.1) is 5.92 Å². The van der Waals surface area contributed by atoms with Crippen LogP contribution in [0.3, 0.4) is 0 Å². The Kier molecular flexibility index (Phi) is 11.2. The number of ether oxygens (including phenoxy) is 6. The van der Waals surface area contributed by atoms with Crippen LogP contribution in [0.25, 0.3) is 0 Å². The van der Waals surface area contributed by atoms with Gasteiger partial charge in [-0.2, -0.15) is 0 Å².